The first kappa shape index (κ1) is 28.1. The van der Waals surface area contributed by atoms with Crippen LogP contribution in [0.3, 0.4) is 0 Å². The number of benzene rings is 1. The van der Waals surface area contributed by atoms with Crippen molar-refractivity contribution < 1.29 is 28.2 Å². The monoisotopic (exact) mass is 567 g/mol. The van der Waals surface area contributed by atoms with Crippen LogP contribution in [-0.2, 0) is 14.3 Å². The quantitative estimate of drug-likeness (QED) is 0.421. The summed E-state index contributed by atoms with van der Waals surface area (Å²) in [6.07, 6.45) is 0.742. The van der Waals surface area contributed by atoms with Crippen LogP contribution < -0.4 is 5.32 Å². The van der Waals surface area contributed by atoms with Gasteiger partial charge in [-0.05, 0) is 32.5 Å². The second kappa shape index (κ2) is 12.3. The van der Waals surface area contributed by atoms with Gasteiger partial charge in [0, 0.05) is 53.5 Å². The molecule has 0 saturated carbocycles. The maximum Gasteiger partial charge on any atom is 0.338 e. The zero-order valence-corrected chi connectivity index (χ0v) is 22.4. The Hall–Kier alpha value is -2.93. The Kier molecular flexibility index (Phi) is 9.08. The molecule has 1 saturated heterocycles. The van der Waals surface area contributed by atoms with Gasteiger partial charge in [0.15, 0.2) is 10.8 Å². The number of likely N-dealkylation sites (tertiary alicyclic amines) is 1. The Balaban J connectivity index is 1.75. The number of esters is 1. The molecule has 2 aliphatic rings. The highest BCUT2D eigenvalue weighted by atomic mass is 35.5. The molecular formula is C25H28ClF2N5O4S. The van der Waals surface area contributed by atoms with E-state index in [2.05, 4.69) is 10.3 Å². The number of aromatic nitrogens is 1. The third kappa shape index (κ3) is 6.55. The van der Waals surface area contributed by atoms with Crippen molar-refractivity contribution in [3.63, 3.8) is 0 Å². The lowest BCUT2D eigenvalue weighted by atomic mass is 9.95. The van der Waals surface area contributed by atoms with Crippen LogP contribution in [0.5, 0.6) is 0 Å². The maximum atomic E-state index is 14.6. The van der Waals surface area contributed by atoms with Gasteiger partial charge in [-0.25, -0.2) is 18.6 Å². The van der Waals surface area contributed by atoms with E-state index < -0.39 is 30.0 Å². The molecule has 2 aromatic rings. The van der Waals surface area contributed by atoms with Gasteiger partial charge in [-0.3, -0.25) is 19.6 Å². The fourth-order valence-corrected chi connectivity index (χ4v) is 5.59. The largest absolute Gasteiger partial charge is 0.480 e. The van der Waals surface area contributed by atoms with Crippen LogP contribution in [0.2, 0.25) is 5.02 Å². The highest BCUT2D eigenvalue weighted by molar-refractivity contribution is 7.11. The van der Waals surface area contributed by atoms with E-state index in [1.54, 1.807) is 30.4 Å². The van der Waals surface area contributed by atoms with Gasteiger partial charge in [0.05, 0.1) is 18.7 Å². The van der Waals surface area contributed by atoms with Crippen LogP contribution in [0.4, 0.5) is 8.78 Å². The van der Waals surface area contributed by atoms with Crippen molar-refractivity contribution in [3.8, 4) is 0 Å². The van der Waals surface area contributed by atoms with Crippen LogP contribution in [0.25, 0.3) is 0 Å². The Morgan fingerprint density at radius 3 is 2.84 bits per heavy atom. The maximum absolute atomic E-state index is 14.6. The van der Waals surface area contributed by atoms with E-state index >= 15 is 0 Å². The van der Waals surface area contributed by atoms with Gasteiger partial charge in [0.2, 0.25) is 0 Å². The summed E-state index contributed by atoms with van der Waals surface area (Å²) in [4.78, 5) is 37.0. The summed E-state index contributed by atoms with van der Waals surface area (Å²) >= 11 is 7.75. The number of aliphatic carboxylic acids is 1. The third-order valence-corrected chi connectivity index (χ3v) is 7.39. The minimum atomic E-state index is -1.11. The van der Waals surface area contributed by atoms with Crippen LogP contribution >= 0.6 is 22.9 Å². The molecule has 1 fully saturated rings. The van der Waals surface area contributed by atoms with E-state index in [-0.39, 0.29) is 49.3 Å². The number of hydrogen-bond donors (Lipinski definition) is 2. The molecule has 1 aromatic carbocycles. The molecular weight excluding hydrogens is 540 g/mol. The molecule has 0 amide bonds. The number of likely N-dealkylation sites (N-methyl/N-ethyl adjacent to an activating group) is 1. The highest BCUT2D eigenvalue weighted by Crippen LogP contribution is 2.37. The number of nitrogens with zero attached hydrogens (tertiary/aromatic N) is 4. The molecule has 13 heteroatoms. The van der Waals surface area contributed by atoms with Crippen molar-refractivity contribution in [2.24, 2.45) is 4.99 Å². The zero-order valence-electron chi connectivity index (χ0n) is 20.9. The lowest BCUT2D eigenvalue weighted by molar-refractivity contribution is -0.139. The second-order valence-electron chi connectivity index (χ2n) is 9.13. The molecule has 9 nitrogen and oxygen atoms in total. The molecule has 2 N–H and O–H groups in total. The lowest BCUT2D eigenvalue weighted by Crippen LogP contribution is -2.44. The standard InChI is InChI=1S/C25H28ClF2N5O4S/c1-3-37-25(36)21-19(12-33-10-15(28)8-16(33)11-32(2)13-20(34)35)30-23(24-29-6-7-38-24)31-22(21)17-5-4-14(27)9-18(17)26/h4-7,9,15-16,22H,3,8,10-13H2,1-2H3,(H,30,31)(H,34,35). The number of carboxylic acid groups (broad SMARTS) is 1. The van der Waals surface area contributed by atoms with E-state index in [0.717, 1.165) is 6.07 Å². The number of thiazole rings is 1. The normalized spacial score (nSPS) is 21.9. The van der Waals surface area contributed by atoms with E-state index in [9.17, 15) is 18.4 Å². The van der Waals surface area contributed by atoms with Gasteiger partial charge in [-0.2, -0.15) is 0 Å². The average molecular weight is 568 g/mol. The van der Waals surface area contributed by atoms with Gasteiger partial charge in [0.25, 0.3) is 0 Å². The highest BCUT2D eigenvalue weighted by Gasteiger charge is 2.38. The Morgan fingerprint density at radius 2 is 2.18 bits per heavy atom. The molecule has 38 heavy (non-hydrogen) atoms. The summed E-state index contributed by atoms with van der Waals surface area (Å²) in [5, 5.41) is 14.8. The van der Waals surface area contributed by atoms with Crippen molar-refractivity contribution in [2.75, 3.05) is 39.8 Å². The Bertz CT molecular complexity index is 1240. The van der Waals surface area contributed by atoms with Crippen molar-refractivity contribution in [3.05, 3.63) is 62.5 Å². The molecule has 2 aliphatic heterocycles. The van der Waals surface area contributed by atoms with Crippen molar-refractivity contribution in [2.45, 2.75) is 31.6 Å². The average Bonchev–Trinajstić information content (AvgIpc) is 3.48. The number of carbonyl (C=O) groups excluding carboxylic acids is 1. The molecule has 3 heterocycles. The lowest BCUT2D eigenvalue weighted by Gasteiger charge is -2.32. The number of amidine groups is 1. The molecule has 0 spiro atoms. The van der Waals surface area contributed by atoms with Crippen molar-refractivity contribution in [1.82, 2.24) is 20.1 Å². The summed E-state index contributed by atoms with van der Waals surface area (Å²) in [7, 11) is 1.67. The first-order valence-corrected chi connectivity index (χ1v) is 13.3. The number of carboxylic acids is 1. The van der Waals surface area contributed by atoms with Crippen molar-refractivity contribution >= 4 is 40.7 Å². The van der Waals surface area contributed by atoms with E-state index in [1.165, 1.54) is 23.5 Å². The molecule has 1 aromatic heterocycles. The van der Waals surface area contributed by atoms with E-state index in [0.29, 0.717) is 28.6 Å². The fraction of sp³-hybridized carbons (Fsp3) is 0.440. The smallest absolute Gasteiger partial charge is 0.338 e. The fourth-order valence-electron chi connectivity index (χ4n) is 4.73. The van der Waals surface area contributed by atoms with Crippen LogP contribution in [-0.4, -0.2) is 89.7 Å². The summed E-state index contributed by atoms with van der Waals surface area (Å²) in [5.41, 5.74) is 1.03. The Labute approximate surface area is 227 Å². The molecule has 0 bridgehead atoms. The minimum Gasteiger partial charge on any atom is -0.480 e. The number of rotatable bonds is 10. The summed E-state index contributed by atoms with van der Waals surface area (Å²) in [6.45, 7) is 2.19. The van der Waals surface area contributed by atoms with Crippen molar-refractivity contribution in [1.29, 1.82) is 0 Å². The first-order chi connectivity index (χ1) is 18.2. The number of halogens is 3. The van der Waals surface area contributed by atoms with Crippen LogP contribution in [0.15, 0.2) is 46.0 Å². The molecule has 4 rings (SSSR count). The van der Waals surface area contributed by atoms with E-state index in [4.69, 9.17) is 26.4 Å². The van der Waals surface area contributed by atoms with Gasteiger partial charge in [-0.1, -0.05) is 17.7 Å². The molecule has 0 aliphatic carbocycles. The third-order valence-electron chi connectivity index (χ3n) is 6.28. The number of carbonyl (C=O) groups is 2. The van der Waals surface area contributed by atoms with Crippen LogP contribution in [0, 0.1) is 5.82 Å². The number of nitrogens with one attached hydrogen (secondary N) is 1. The van der Waals surface area contributed by atoms with E-state index in [1.807, 2.05) is 4.90 Å². The number of hydrogen-bond acceptors (Lipinski definition) is 9. The molecule has 0 radical (unpaired) electrons. The number of alkyl halides is 1. The predicted octanol–water partition coefficient (Wildman–Crippen LogP) is 3.27. The number of ether oxygens (including phenoxy) is 1. The molecule has 204 valence electrons. The van der Waals surface area contributed by atoms with Gasteiger partial charge >= 0.3 is 11.9 Å². The minimum absolute atomic E-state index is 0.0958. The summed E-state index contributed by atoms with van der Waals surface area (Å²) < 4.78 is 33.9. The molecule has 3 unspecified atom stereocenters. The summed E-state index contributed by atoms with van der Waals surface area (Å²) in [6, 6.07) is 2.66. The topological polar surface area (TPSA) is 107 Å². The zero-order chi connectivity index (χ0) is 27.4. The van der Waals surface area contributed by atoms with Crippen LogP contribution in [0.1, 0.15) is 30.0 Å². The first-order valence-electron chi connectivity index (χ1n) is 12.0. The second-order valence-corrected chi connectivity index (χ2v) is 10.4. The predicted molar refractivity (Wildman–Crippen MR) is 140 cm³/mol. The van der Waals surface area contributed by atoms with Gasteiger partial charge in [-0.15, -0.1) is 11.3 Å². The SMILES string of the molecule is CCOC(=O)C1=C(CN2CC(F)CC2CN(C)CC(=O)O)NC(c2nccs2)=NC1c1ccc(F)cc1Cl. The Morgan fingerprint density at radius 1 is 1.39 bits per heavy atom. The van der Waals surface area contributed by atoms with Gasteiger partial charge in [0.1, 0.15) is 18.0 Å². The van der Waals surface area contributed by atoms with Gasteiger partial charge < -0.3 is 15.2 Å². The molecule has 3 atom stereocenters. The summed E-state index contributed by atoms with van der Waals surface area (Å²) in [5.74, 6) is -1.74. The number of aliphatic imine (C=N–C) groups is 1.